The van der Waals surface area contributed by atoms with E-state index in [1.54, 1.807) is 11.3 Å². The van der Waals surface area contributed by atoms with Gasteiger partial charge in [-0.2, -0.15) is 0 Å². The largest absolute Gasteiger partial charge is 0.338 e. The summed E-state index contributed by atoms with van der Waals surface area (Å²) in [5.74, 6) is 0. The molecule has 0 aliphatic heterocycles. The van der Waals surface area contributed by atoms with Gasteiger partial charge >= 0.3 is 6.03 Å². The minimum Gasteiger partial charge on any atom is -0.338 e. The maximum Gasteiger partial charge on any atom is 0.319 e. The molecule has 0 saturated heterocycles. The number of urea groups is 1. The van der Waals surface area contributed by atoms with Crippen molar-refractivity contribution in [2.45, 2.75) is 26.2 Å². The van der Waals surface area contributed by atoms with Crippen LogP contribution in [-0.4, -0.2) is 12.6 Å². The molecule has 1 aromatic heterocycles. The first-order valence-corrected chi connectivity index (χ1v) is 7.82. The van der Waals surface area contributed by atoms with Crippen molar-refractivity contribution in [2.24, 2.45) is 0 Å². The molecule has 0 aliphatic rings. The molecule has 20 heavy (non-hydrogen) atoms. The Kier molecular flexibility index (Phi) is 5.62. The Labute approximate surface area is 124 Å². The number of hydrogen-bond acceptors (Lipinski definition) is 2. The number of rotatable bonds is 6. The summed E-state index contributed by atoms with van der Waals surface area (Å²) in [6, 6.07) is 11.9. The Bertz CT molecular complexity index is 537. The SMILES string of the molecule is CCCc1ccccc1NC(=O)NCCc1cccs1. The van der Waals surface area contributed by atoms with Crippen LogP contribution in [-0.2, 0) is 12.8 Å². The van der Waals surface area contributed by atoms with Crippen molar-refractivity contribution in [2.75, 3.05) is 11.9 Å². The molecule has 0 aliphatic carbocycles. The van der Waals surface area contributed by atoms with Crippen molar-refractivity contribution in [3.05, 3.63) is 52.2 Å². The van der Waals surface area contributed by atoms with Gasteiger partial charge in [-0.05, 0) is 35.9 Å². The smallest absolute Gasteiger partial charge is 0.319 e. The molecule has 2 amide bonds. The average molecular weight is 288 g/mol. The van der Waals surface area contributed by atoms with Crippen LogP contribution in [0.2, 0.25) is 0 Å². The Morgan fingerprint density at radius 2 is 2.00 bits per heavy atom. The van der Waals surface area contributed by atoms with Gasteiger partial charge in [0.2, 0.25) is 0 Å². The second-order valence-corrected chi connectivity index (χ2v) is 5.65. The lowest BCUT2D eigenvalue weighted by molar-refractivity contribution is 0.252. The molecule has 3 nitrogen and oxygen atoms in total. The summed E-state index contributed by atoms with van der Waals surface area (Å²) in [5.41, 5.74) is 2.09. The Balaban J connectivity index is 1.82. The topological polar surface area (TPSA) is 41.1 Å². The molecule has 0 fully saturated rings. The quantitative estimate of drug-likeness (QED) is 0.826. The lowest BCUT2D eigenvalue weighted by Crippen LogP contribution is -2.30. The van der Waals surface area contributed by atoms with Crippen LogP contribution in [0.3, 0.4) is 0 Å². The highest BCUT2D eigenvalue weighted by molar-refractivity contribution is 7.09. The zero-order chi connectivity index (χ0) is 14.2. The monoisotopic (exact) mass is 288 g/mol. The Hall–Kier alpha value is -1.81. The average Bonchev–Trinajstić information content (AvgIpc) is 2.94. The van der Waals surface area contributed by atoms with Crippen LogP contribution in [0.5, 0.6) is 0 Å². The molecule has 1 aromatic carbocycles. The first-order chi connectivity index (χ1) is 9.79. The van der Waals surface area contributed by atoms with E-state index in [4.69, 9.17) is 0 Å². The first kappa shape index (κ1) is 14.6. The molecular formula is C16H20N2OS. The number of aryl methyl sites for hydroxylation is 1. The van der Waals surface area contributed by atoms with Crippen molar-refractivity contribution in [3.63, 3.8) is 0 Å². The number of nitrogens with one attached hydrogen (secondary N) is 2. The van der Waals surface area contributed by atoms with E-state index in [-0.39, 0.29) is 6.03 Å². The standard InChI is InChI=1S/C16H20N2OS/c1-2-6-13-7-3-4-9-15(13)18-16(19)17-11-10-14-8-5-12-20-14/h3-5,7-9,12H,2,6,10-11H2,1H3,(H2,17,18,19). The number of thiophene rings is 1. The summed E-state index contributed by atoms with van der Waals surface area (Å²) < 4.78 is 0. The van der Waals surface area contributed by atoms with E-state index in [1.165, 1.54) is 10.4 Å². The molecule has 2 aromatic rings. The summed E-state index contributed by atoms with van der Waals surface area (Å²) in [4.78, 5) is 13.2. The molecule has 0 unspecified atom stereocenters. The van der Waals surface area contributed by atoms with Gasteiger partial charge in [0.05, 0.1) is 0 Å². The molecule has 0 atom stereocenters. The maximum absolute atomic E-state index is 11.9. The summed E-state index contributed by atoms with van der Waals surface area (Å²) in [7, 11) is 0. The Morgan fingerprint density at radius 1 is 1.15 bits per heavy atom. The van der Waals surface area contributed by atoms with Crippen molar-refractivity contribution in [1.29, 1.82) is 0 Å². The summed E-state index contributed by atoms with van der Waals surface area (Å²) >= 11 is 1.72. The molecular weight excluding hydrogens is 268 g/mol. The van der Waals surface area contributed by atoms with Crippen LogP contribution in [0.15, 0.2) is 41.8 Å². The van der Waals surface area contributed by atoms with Crippen molar-refractivity contribution in [1.82, 2.24) is 5.32 Å². The van der Waals surface area contributed by atoms with E-state index >= 15 is 0 Å². The molecule has 0 saturated carbocycles. The number of benzene rings is 1. The molecule has 0 spiro atoms. The molecule has 106 valence electrons. The number of hydrogen-bond donors (Lipinski definition) is 2. The van der Waals surface area contributed by atoms with Crippen molar-refractivity contribution < 1.29 is 4.79 Å². The number of para-hydroxylation sites is 1. The zero-order valence-electron chi connectivity index (χ0n) is 11.7. The van der Waals surface area contributed by atoms with Gasteiger partial charge in [0.15, 0.2) is 0 Å². The highest BCUT2D eigenvalue weighted by atomic mass is 32.1. The van der Waals surface area contributed by atoms with Crippen LogP contribution in [0.25, 0.3) is 0 Å². The maximum atomic E-state index is 11.9. The summed E-state index contributed by atoms with van der Waals surface area (Å²) in [5, 5.41) is 7.88. The molecule has 2 rings (SSSR count). The summed E-state index contributed by atoms with van der Waals surface area (Å²) in [6.45, 7) is 2.79. The predicted molar refractivity (Wildman–Crippen MR) is 85.5 cm³/mol. The number of amides is 2. The van der Waals surface area contributed by atoms with E-state index in [2.05, 4.69) is 35.1 Å². The van der Waals surface area contributed by atoms with Gasteiger partial charge in [0.1, 0.15) is 0 Å². The molecule has 0 bridgehead atoms. The first-order valence-electron chi connectivity index (χ1n) is 6.94. The van der Waals surface area contributed by atoms with E-state index in [9.17, 15) is 4.79 Å². The second-order valence-electron chi connectivity index (χ2n) is 4.62. The number of anilines is 1. The Morgan fingerprint density at radius 3 is 2.75 bits per heavy atom. The van der Waals surface area contributed by atoms with Crippen molar-refractivity contribution in [3.8, 4) is 0 Å². The van der Waals surface area contributed by atoms with Gasteiger partial charge in [0.25, 0.3) is 0 Å². The number of carbonyl (C=O) groups is 1. The minimum atomic E-state index is -0.134. The lowest BCUT2D eigenvalue weighted by Gasteiger charge is -2.11. The van der Waals surface area contributed by atoms with Crippen LogP contribution < -0.4 is 10.6 Å². The highest BCUT2D eigenvalue weighted by Crippen LogP contribution is 2.16. The highest BCUT2D eigenvalue weighted by Gasteiger charge is 2.05. The fourth-order valence-electron chi connectivity index (χ4n) is 2.05. The van der Waals surface area contributed by atoms with Gasteiger partial charge in [-0.1, -0.05) is 37.6 Å². The fourth-order valence-corrected chi connectivity index (χ4v) is 2.76. The van der Waals surface area contributed by atoms with E-state index in [0.717, 1.165) is 24.9 Å². The molecule has 2 N–H and O–H groups in total. The third kappa shape index (κ3) is 4.38. The van der Waals surface area contributed by atoms with Crippen LogP contribution in [0.1, 0.15) is 23.8 Å². The fraction of sp³-hybridized carbons (Fsp3) is 0.312. The summed E-state index contributed by atoms with van der Waals surface area (Å²) in [6.07, 6.45) is 2.92. The van der Waals surface area contributed by atoms with Crippen LogP contribution in [0.4, 0.5) is 10.5 Å². The van der Waals surface area contributed by atoms with E-state index < -0.39 is 0 Å². The minimum absolute atomic E-state index is 0.134. The number of carbonyl (C=O) groups excluding carboxylic acids is 1. The van der Waals surface area contributed by atoms with Gasteiger partial charge in [0, 0.05) is 17.1 Å². The lowest BCUT2D eigenvalue weighted by atomic mass is 10.1. The van der Waals surface area contributed by atoms with Gasteiger partial charge < -0.3 is 10.6 Å². The van der Waals surface area contributed by atoms with Gasteiger partial charge in [-0.25, -0.2) is 4.79 Å². The van der Waals surface area contributed by atoms with Gasteiger partial charge in [-0.15, -0.1) is 11.3 Å². The molecule has 0 radical (unpaired) electrons. The van der Waals surface area contributed by atoms with Crippen LogP contribution in [0, 0.1) is 0 Å². The third-order valence-corrected chi connectivity index (χ3v) is 3.96. The predicted octanol–water partition coefficient (Wildman–Crippen LogP) is 4.06. The normalized spacial score (nSPS) is 10.2. The van der Waals surface area contributed by atoms with Crippen LogP contribution >= 0.6 is 11.3 Å². The third-order valence-electron chi connectivity index (χ3n) is 3.02. The zero-order valence-corrected chi connectivity index (χ0v) is 12.5. The van der Waals surface area contributed by atoms with E-state index in [1.807, 2.05) is 24.3 Å². The second kappa shape index (κ2) is 7.70. The van der Waals surface area contributed by atoms with Gasteiger partial charge in [-0.3, -0.25) is 0 Å². The molecule has 4 heteroatoms. The molecule has 1 heterocycles. The van der Waals surface area contributed by atoms with E-state index in [0.29, 0.717) is 6.54 Å². The van der Waals surface area contributed by atoms with Crippen molar-refractivity contribution >= 4 is 23.1 Å².